The highest BCUT2D eigenvalue weighted by molar-refractivity contribution is 7.89. The fourth-order valence-electron chi connectivity index (χ4n) is 2.20. The van der Waals surface area contributed by atoms with Gasteiger partial charge in [-0.05, 0) is 43.9 Å². The van der Waals surface area contributed by atoms with Crippen molar-refractivity contribution < 1.29 is 23.1 Å². The molecule has 0 atom stereocenters. The van der Waals surface area contributed by atoms with Gasteiger partial charge in [0.15, 0.2) is 0 Å². The number of rotatable bonds is 5. The molecular weight excluding hydrogens is 294 g/mol. The molecule has 0 unspecified atom stereocenters. The lowest BCUT2D eigenvalue weighted by atomic mass is 9.81. The summed E-state index contributed by atoms with van der Waals surface area (Å²) in [6, 6.07) is 4.35. The van der Waals surface area contributed by atoms with E-state index < -0.39 is 21.6 Å². The van der Waals surface area contributed by atoms with Crippen LogP contribution in [0, 0.1) is 6.92 Å². The van der Waals surface area contributed by atoms with Gasteiger partial charge in [-0.2, -0.15) is 0 Å². The zero-order valence-electron chi connectivity index (χ0n) is 12.0. The SMILES string of the molecule is COC(=O)c1ccc(C)c(S(=O)(=O)NCC2(O)CCC2)c1. The second kappa shape index (κ2) is 5.75. The Kier molecular flexibility index (Phi) is 4.36. The molecule has 0 bridgehead atoms. The molecule has 0 radical (unpaired) electrons. The van der Waals surface area contributed by atoms with Crippen molar-refractivity contribution in [2.45, 2.75) is 36.7 Å². The summed E-state index contributed by atoms with van der Waals surface area (Å²) in [4.78, 5) is 11.5. The molecule has 1 fully saturated rings. The predicted molar refractivity (Wildman–Crippen MR) is 76.5 cm³/mol. The minimum absolute atomic E-state index is 0.0166. The van der Waals surface area contributed by atoms with Crippen LogP contribution in [0.5, 0.6) is 0 Å². The summed E-state index contributed by atoms with van der Waals surface area (Å²) in [5.41, 5.74) is -0.248. The Morgan fingerprint density at radius 2 is 2.10 bits per heavy atom. The number of hydrogen-bond acceptors (Lipinski definition) is 5. The molecule has 1 aliphatic carbocycles. The van der Waals surface area contributed by atoms with Crippen molar-refractivity contribution in [3.05, 3.63) is 29.3 Å². The number of ether oxygens (including phenoxy) is 1. The van der Waals surface area contributed by atoms with E-state index in [2.05, 4.69) is 9.46 Å². The Labute approximate surface area is 124 Å². The molecule has 1 aromatic carbocycles. The van der Waals surface area contributed by atoms with Gasteiger partial charge in [-0.3, -0.25) is 0 Å². The molecule has 6 nitrogen and oxygen atoms in total. The Balaban J connectivity index is 2.24. The van der Waals surface area contributed by atoms with Crippen LogP contribution in [-0.2, 0) is 14.8 Å². The molecule has 1 saturated carbocycles. The van der Waals surface area contributed by atoms with Crippen LogP contribution in [0.15, 0.2) is 23.1 Å². The zero-order chi connectivity index (χ0) is 15.7. The van der Waals surface area contributed by atoms with Crippen LogP contribution in [0.1, 0.15) is 35.2 Å². The molecule has 116 valence electrons. The lowest BCUT2D eigenvalue weighted by molar-refractivity contribution is -0.0271. The van der Waals surface area contributed by atoms with E-state index in [1.165, 1.54) is 19.2 Å². The predicted octanol–water partition coefficient (Wildman–Crippen LogP) is 0.975. The lowest BCUT2D eigenvalue weighted by Gasteiger charge is -2.36. The first-order valence-corrected chi connectivity index (χ1v) is 8.17. The minimum Gasteiger partial charge on any atom is -0.465 e. The highest BCUT2D eigenvalue weighted by atomic mass is 32.2. The number of esters is 1. The average molecular weight is 313 g/mol. The van der Waals surface area contributed by atoms with Gasteiger partial charge in [0.25, 0.3) is 0 Å². The van der Waals surface area contributed by atoms with Gasteiger partial charge in [0.1, 0.15) is 0 Å². The number of aryl methyl sites for hydroxylation is 1. The maximum atomic E-state index is 12.3. The van der Waals surface area contributed by atoms with Gasteiger partial charge in [-0.1, -0.05) is 6.07 Å². The summed E-state index contributed by atoms with van der Waals surface area (Å²) in [6.07, 6.45) is 2.09. The number of nitrogens with one attached hydrogen (secondary N) is 1. The van der Waals surface area contributed by atoms with Crippen molar-refractivity contribution in [1.82, 2.24) is 4.72 Å². The van der Waals surface area contributed by atoms with Gasteiger partial charge in [0, 0.05) is 6.54 Å². The maximum absolute atomic E-state index is 12.3. The van der Waals surface area contributed by atoms with Crippen molar-refractivity contribution in [1.29, 1.82) is 0 Å². The van der Waals surface area contributed by atoms with E-state index in [0.29, 0.717) is 18.4 Å². The van der Waals surface area contributed by atoms with Crippen molar-refractivity contribution in [3.63, 3.8) is 0 Å². The lowest BCUT2D eigenvalue weighted by Crippen LogP contribution is -2.47. The van der Waals surface area contributed by atoms with Crippen LogP contribution in [0.3, 0.4) is 0 Å². The van der Waals surface area contributed by atoms with Gasteiger partial charge < -0.3 is 9.84 Å². The van der Waals surface area contributed by atoms with E-state index in [9.17, 15) is 18.3 Å². The van der Waals surface area contributed by atoms with E-state index >= 15 is 0 Å². The number of hydrogen-bond donors (Lipinski definition) is 2. The molecule has 0 spiro atoms. The van der Waals surface area contributed by atoms with E-state index in [1.807, 2.05) is 0 Å². The summed E-state index contributed by atoms with van der Waals surface area (Å²) in [5, 5.41) is 9.97. The van der Waals surface area contributed by atoms with Crippen molar-refractivity contribution >= 4 is 16.0 Å². The quantitative estimate of drug-likeness (QED) is 0.790. The zero-order valence-corrected chi connectivity index (χ0v) is 12.9. The summed E-state index contributed by atoms with van der Waals surface area (Å²) < 4.78 is 31.7. The van der Waals surface area contributed by atoms with E-state index in [-0.39, 0.29) is 17.0 Å². The Hall–Kier alpha value is -1.44. The van der Waals surface area contributed by atoms with E-state index in [1.54, 1.807) is 13.0 Å². The first-order valence-electron chi connectivity index (χ1n) is 6.68. The van der Waals surface area contributed by atoms with Crippen LogP contribution in [0.2, 0.25) is 0 Å². The molecule has 0 aromatic heterocycles. The second-order valence-corrected chi connectivity index (χ2v) is 7.11. The Morgan fingerprint density at radius 1 is 1.43 bits per heavy atom. The topological polar surface area (TPSA) is 92.7 Å². The Morgan fingerprint density at radius 3 is 2.62 bits per heavy atom. The molecule has 0 heterocycles. The monoisotopic (exact) mass is 313 g/mol. The van der Waals surface area contributed by atoms with Crippen molar-refractivity contribution in [3.8, 4) is 0 Å². The maximum Gasteiger partial charge on any atom is 0.337 e. The van der Waals surface area contributed by atoms with Crippen LogP contribution in [0.4, 0.5) is 0 Å². The normalized spacial score (nSPS) is 17.1. The minimum atomic E-state index is -3.78. The van der Waals surface area contributed by atoms with Crippen LogP contribution < -0.4 is 4.72 Å². The molecule has 0 saturated heterocycles. The summed E-state index contributed by atoms with van der Waals surface area (Å²) in [5.74, 6) is -0.593. The summed E-state index contributed by atoms with van der Waals surface area (Å²) in [6.45, 7) is 1.63. The fourth-order valence-corrected chi connectivity index (χ4v) is 3.59. The number of methoxy groups -OCH3 is 1. The standard InChI is InChI=1S/C14H19NO5S/c1-10-4-5-11(13(16)20-2)8-12(10)21(18,19)15-9-14(17)6-3-7-14/h4-5,8,15,17H,3,6-7,9H2,1-2H3. The highest BCUT2D eigenvalue weighted by Crippen LogP contribution is 2.31. The fraction of sp³-hybridized carbons (Fsp3) is 0.500. The van der Waals surface area contributed by atoms with Gasteiger partial charge >= 0.3 is 5.97 Å². The molecule has 2 N–H and O–H groups in total. The Bertz CT molecular complexity index is 649. The summed E-state index contributed by atoms with van der Waals surface area (Å²) >= 11 is 0. The van der Waals surface area contributed by atoms with E-state index in [4.69, 9.17) is 0 Å². The number of aliphatic hydroxyl groups is 1. The number of sulfonamides is 1. The van der Waals surface area contributed by atoms with Crippen molar-refractivity contribution in [2.24, 2.45) is 0 Å². The molecule has 2 rings (SSSR count). The van der Waals surface area contributed by atoms with Crippen LogP contribution >= 0.6 is 0 Å². The molecule has 0 aliphatic heterocycles. The third kappa shape index (κ3) is 3.42. The first-order chi connectivity index (χ1) is 9.77. The van der Waals surface area contributed by atoms with Gasteiger partial charge in [-0.15, -0.1) is 0 Å². The average Bonchev–Trinajstić information content (AvgIpc) is 2.42. The number of carbonyl (C=O) groups excluding carboxylic acids is 1. The molecule has 1 aliphatic rings. The van der Waals surface area contributed by atoms with Crippen LogP contribution in [-0.4, -0.2) is 38.7 Å². The third-order valence-electron chi connectivity index (χ3n) is 3.77. The molecule has 21 heavy (non-hydrogen) atoms. The molecular formula is C14H19NO5S. The molecule has 0 amide bonds. The van der Waals surface area contributed by atoms with Gasteiger partial charge in [-0.25, -0.2) is 17.9 Å². The highest BCUT2D eigenvalue weighted by Gasteiger charge is 2.35. The molecule has 1 aromatic rings. The largest absolute Gasteiger partial charge is 0.465 e. The second-order valence-electron chi connectivity index (χ2n) is 5.37. The van der Waals surface area contributed by atoms with Crippen molar-refractivity contribution in [2.75, 3.05) is 13.7 Å². The van der Waals surface area contributed by atoms with Gasteiger partial charge in [0.2, 0.25) is 10.0 Å². The van der Waals surface area contributed by atoms with Crippen LogP contribution in [0.25, 0.3) is 0 Å². The van der Waals surface area contributed by atoms with E-state index in [0.717, 1.165) is 6.42 Å². The third-order valence-corrected chi connectivity index (χ3v) is 5.32. The van der Waals surface area contributed by atoms with Gasteiger partial charge in [0.05, 0.1) is 23.2 Å². The number of carbonyl (C=O) groups is 1. The summed E-state index contributed by atoms with van der Waals surface area (Å²) in [7, 11) is -2.55. The number of benzene rings is 1. The first kappa shape index (κ1) is 15.9. The molecule has 7 heteroatoms. The smallest absolute Gasteiger partial charge is 0.337 e.